The Hall–Kier alpha value is -8.46. The standard InChI is InChI=1S/C37H48N14O14/c1-2-19(34(62)63)46-32(60)23(13-26(55)56)49-30(58)20(4-3-11-41-36(38)39)47-31(59)22(12-25(53)54)45-24(52)10-9-21(35(64)65)48-29(57)16-5-7-17(8-6-16)42-14-18-15-43-28-27(44-18)33(61)51-37(40)50-28/h5-8,15,19-23,42H,2-4,9-14H2,1H3,(H,45,52)(H,46,60)(H,47,59)(H,48,57)(H,49,58)(H,53,54)(H,55,56)(H,62,63)(H,64,65)(H4,38,39,41)(H3,40,43,50,51,61)/t19-,20-,21-,22-,23-/m0/s1. The number of hydrogen-bond acceptors (Lipinski definition) is 16. The summed E-state index contributed by atoms with van der Waals surface area (Å²) in [5, 5.41) is 52.0. The molecule has 28 heteroatoms. The predicted molar refractivity (Wildman–Crippen MR) is 224 cm³/mol. The third-order valence-electron chi connectivity index (χ3n) is 9.01. The minimum Gasteiger partial charge on any atom is -0.481 e. The molecule has 1 aromatic carbocycles. The number of aliphatic imine (C=N–C) groups is 1. The van der Waals surface area contributed by atoms with E-state index < -0.39 is 115 Å². The molecule has 2 aromatic heterocycles. The van der Waals surface area contributed by atoms with Crippen LogP contribution < -0.4 is 54.7 Å². The number of carbonyl (C=O) groups excluding carboxylic acids is 5. The molecule has 0 saturated carbocycles. The van der Waals surface area contributed by atoms with Crippen molar-refractivity contribution in [3.05, 3.63) is 52.1 Å². The molecule has 0 unspecified atom stereocenters. The molecule has 5 atom stereocenters. The highest BCUT2D eigenvalue weighted by Crippen LogP contribution is 2.13. The minimum atomic E-state index is -1.87. The molecular weight excluding hydrogens is 864 g/mol. The molecule has 0 saturated heterocycles. The lowest BCUT2D eigenvalue weighted by Gasteiger charge is -2.25. The Labute approximate surface area is 366 Å². The van der Waals surface area contributed by atoms with E-state index in [-0.39, 0.29) is 61.0 Å². The van der Waals surface area contributed by atoms with Crippen LogP contribution in [0.25, 0.3) is 11.2 Å². The van der Waals surface area contributed by atoms with Gasteiger partial charge in [-0.2, -0.15) is 4.98 Å². The van der Waals surface area contributed by atoms with Gasteiger partial charge in [-0.15, -0.1) is 0 Å². The molecule has 5 amide bonds. The average Bonchev–Trinajstić information content (AvgIpc) is 3.23. The van der Waals surface area contributed by atoms with Crippen molar-refractivity contribution in [3.8, 4) is 0 Å². The Bertz CT molecular complexity index is 2350. The van der Waals surface area contributed by atoms with E-state index in [1.54, 1.807) is 0 Å². The van der Waals surface area contributed by atoms with Crippen LogP contribution in [0.3, 0.4) is 0 Å². The quantitative estimate of drug-likeness (QED) is 0.0209. The van der Waals surface area contributed by atoms with Gasteiger partial charge in [0.15, 0.2) is 17.1 Å². The molecule has 0 aliphatic rings. The number of guanidine groups is 1. The van der Waals surface area contributed by atoms with Crippen molar-refractivity contribution < 1.29 is 63.6 Å². The van der Waals surface area contributed by atoms with Gasteiger partial charge in [-0.3, -0.25) is 48.3 Å². The van der Waals surface area contributed by atoms with Gasteiger partial charge in [0.25, 0.3) is 11.5 Å². The van der Waals surface area contributed by atoms with E-state index in [0.717, 1.165) is 0 Å². The molecule has 2 heterocycles. The summed E-state index contributed by atoms with van der Waals surface area (Å²) in [4.78, 5) is 143. The Kier molecular flexibility index (Phi) is 19.0. The number of nitrogens with zero attached hydrogens (tertiary/aromatic N) is 4. The Morgan fingerprint density at radius 1 is 0.738 bits per heavy atom. The predicted octanol–water partition coefficient (Wildman–Crippen LogP) is -3.69. The van der Waals surface area contributed by atoms with Crippen LogP contribution in [0, 0.1) is 0 Å². The van der Waals surface area contributed by atoms with Crippen LogP contribution in [-0.4, -0.2) is 136 Å². The molecule has 0 spiro atoms. The van der Waals surface area contributed by atoms with Crippen molar-refractivity contribution in [1.29, 1.82) is 0 Å². The number of carboxylic acids is 4. The third-order valence-corrected chi connectivity index (χ3v) is 9.01. The summed E-state index contributed by atoms with van der Waals surface area (Å²) in [5.41, 5.74) is 16.5. The van der Waals surface area contributed by atoms with E-state index >= 15 is 0 Å². The first-order chi connectivity index (χ1) is 30.7. The summed E-state index contributed by atoms with van der Waals surface area (Å²) in [6.45, 7) is 1.45. The lowest BCUT2D eigenvalue weighted by atomic mass is 10.1. The van der Waals surface area contributed by atoms with Gasteiger partial charge in [-0.25, -0.2) is 19.6 Å². The molecule has 3 rings (SSSR count). The maximum Gasteiger partial charge on any atom is 0.326 e. The largest absolute Gasteiger partial charge is 0.481 e. The van der Waals surface area contributed by atoms with E-state index in [4.69, 9.17) is 17.2 Å². The van der Waals surface area contributed by atoms with Gasteiger partial charge < -0.3 is 69.5 Å². The van der Waals surface area contributed by atoms with Crippen LogP contribution in [0.1, 0.15) is 67.9 Å². The van der Waals surface area contributed by atoms with E-state index in [1.807, 2.05) is 0 Å². The first-order valence-corrected chi connectivity index (χ1v) is 19.5. The minimum absolute atomic E-state index is 0.0107. The molecule has 0 aliphatic carbocycles. The second-order valence-electron chi connectivity index (χ2n) is 14.0. The monoisotopic (exact) mass is 912 g/mol. The zero-order valence-corrected chi connectivity index (χ0v) is 34.5. The summed E-state index contributed by atoms with van der Waals surface area (Å²) >= 11 is 0. The lowest BCUT2D eigenvalue weighted by molar-refractivity contribution is -0.144. The van der Waals surface area contributed by atoms with Crippen LogP contribution in [0.15, 0.2) is 40.2 Å². The van der Waals surface area contributed by atoms with Gasteiger partial charge in [0.05, 0.1) is 31.3 Å². The molecule has 0 radical (unpaired) electrons. The van der Waals surface area contributed by atoms with Gasteiger partial charge in [0, 0.05) is 24.2 Å². The number of aromatic nitrogens is 4. The number of hydrogen-bond donors (Lipinski definition) is 14. The van der Waals surface area contributed by atoms with Crippen LogP contribution in [-0.2, 0) is 44.9 Å². The zero-order valence-electron chi connectivity index (χ0n) is 34.5. The molecule has 0 aliphatic heterocycles. The fraction of sp³-hybridized carbons (Fsp3) is 0.405. The molecule has 3 aromatic rings. The molecular formula is C37H48N14O14. The van der Waals surface area contributed by atoms with Crippen molar-refractivity contribution in [2.75, 3.05) is 17.6 Å². The highest BCUT2D eigenvalue weighted by atomic mass is 16.4. The van der Waals surface area contributed by atoms with Gasteiger partial charge in [0.1, 0.15) is 30.2 Å². The SMILES string of the molecule is CC[C@H](NC(=O)[C@H](CC(=O)O)NC(=O)[C@H](CCCN=C(N)N)NC(=O)[C@H](CC(=O)O)NC(=O)CC[C@H](NC(=O)c1ccc(NCc2cnc3nc(N)[nH]c(=O)c3n2)cc1)C(=O)O)C(=O)O. The maximum atomic E-state index is 13.4. The van der Waals surface area contributed by atoms with E-state index in [2.05, 4.69) is 56.8 Å². The lowest BCUT2D eigenvalue weighted by Crippen LogP contribution is -2.58. The number of aliphatic carboxylic acids is 4. The van der Waals surface area contributed by atoms with Gasteiger partial charge in [-0.05, 0) is 49.9 Å². The third kappa shape index (κ3) is 16.7. The number of carboxylic acid groups (broad SMARTS) is 4. The molecule has 65 heavy (non-hydrogen) atoms. The number of carbonyl (C=O) groups is 9. The van der Waals surface area contributed by atoms with Crippen molar-refractivity contribution in [2.45, 2.75) is 88.6 Å². The number of rotatable bonds is 26. The first-order valence-electron chi connectivity index (χ1n) is 19.5. The molecule has 0 fully saturated rings. The highest BCUT2D eigenvalue weighted by molar-refractivity contribution is 5.98. The second kappa shape index (κ2) is 24.2. The summed E-state index contributed by atoms with van der Waals surface area (Å²) < 4.78 is 0. The zero-order chi connectivity index (χ0) is 48.4. The number of anilines is 2. The number of H-pyrrole nitrogens is 1. The number of benzene rings is 1. The van der Waals surface area contributed by atoms with Gasteiger partial charge in [0.2, 0.25) is 29.6 Å². The van der Waals surface area contributed by atoms with E-state index in [0.29, 0.717) is 11.4 Å². The smallest absolute Gasteiger partial charge is 0.326 e. The van der Waals surface area contributed by atoms with Crippen LogP contribution >= 0.6 is 0 Å². The van der Waals surface area contributed by atoms with Crippen molar-refractivity contribution in [2.24, 2.45) is 16.5 Å². The Balaban J connectivity index is 1.66. The Morgan fingerprint density at radius 2 is 1.31 bits per heavy atom. The normalized spacial score (nSPS) is 13.1. The number of nitrogens with two attached hydrogens (primary N) is 3. The van der Waals surface area contributed by atoms with Gasteiger partial charge in [-0.1, -0.05) is 6.92 Å². The fourth-order valence-corrected chi connectivity index (χ4v) is 5.72. The van der Waals surface area contributed by atoms with E-state index in [1.165, 1.54) is 37.4 Å². The summed E-state index contributed by atoms with van der Waals surface area (Å²) in [6.07, 6.45) is -2.23. The Morgan fingerprint density at radius 3 is 1.88 bits per heavy atom. The average molecular weight is 913 g/mol. The molecule has 0 bridgehead atoms. The number of amides is 5. The van der Waals surface area contributed by atoms with Crippen LogP contribution in [0.4, 0.5) is 11.6 Å². The van der Waals surface area contributed by atoms with Crippen molar-refractivity contribution in [3.63, 3.8) is 0 Å². The van der Waals surface area contributed by atoms with Gasteiger partial charge >= 0.3 is 23.9 Å². The summed E-state index contributed by atoms with van der Waals surface area (Å²) in [7, 11) is 0. The van der Waals surface area contributed by atoms with Crippen molar-refractivity contribution in [1.82, 2.24) is 46.5 Å². The second-order valence-corrected chi connectivity index (χ2v) is 14.0. The topological polar surface area (TPSA) is 469 Å². The molecule has 17 N–H and O–H groups in total. The van der Waals surface area contributed by atoms with Crippen LogP contribution in [0.2, 0.25) is 0 Å². The molecule has 28 nitrogen and oxygen atoms in total. The summed E-state index contributed by atoms with van der Waals surface area (Å²) in [5.74, 6) is -12.0. The molecule has 350 valence electrons. The highest BCUT2D eigenvalue weighted by Gasteiger charge is 2.33. The number of nitrogens with one attached hydrogen (secondary N) is 7. The number of aromatic amines is 1. The van der Waals surface area contributed by atoms with Crippen molar-refractivity contribution >= 4 is 82.2 Å². The summed E-state index contributed by atoms with van der Waals surface area (Å²) in [6, 6.07) is -2.66. The number of fused-ring (bicyclic) bond motifs is 1. The first kappa shape index (κ1) is 50.9. The van der Waals surface area contributed by atoms with Crippen LogP contribution in [0.5, 0.6) is 0 Å². The number of nitrogen functional groups attached to an aromatic ring is 1. The maximum absolute atomic E-state index is 13.4. The fourth-order valence-electron chi connectivity index (χ4n) is 5.72. The van der Waals surface area contributed by atoms with E-state index in [9.17, 15) is 68.4 Å².